The van der Waals surface area contributed by atoms with Crippen LogP contribution in [-0.4, -0.2) is 6.10 Å². The van der Waals surface area contributed by atoms with Gasteiger partial charge in [-0.15, -0.1) is 0 Å². The lowest BCUT2D eigenvalue weighted by Gasteiger charge is -2.19. The molecule has 0 unspecified atom stereocenters. The van der Waals surface area contributed by atoms with E-state index in [1.54, 1.807) is 0 Å². The molecule has 0 spiro atoms. The quantitative estimate of drug-likeness (QED) is 0.799. The number of ether oxygens (including phenoxy) is 1. The Morgan fingerprint density at radius 1 is 0.955 bits per heavy atom. The van der Waals surface area contributed by atoms with Crippen LogP contribution >= 0.6 is 0 Å². The molecule has 2 aromatic carbocycles. The number of hydrogen-bond acceptors (Lipinski definition) is 2. The van der Waals surface area contributed by atoms with Crippen LogP contribution in [0.25, 0.3) is 0 Å². The van der Waals surface area contributed by atoms with Gasteiger partial charge in [0.15, 0.2) is 0 Å². The normalized spacial score (nSPS) is 11.5. The van der Waals surface area contributed by atoms with E-state index in [2.05, 4.69) is 56.4 Å². The summed E-state index contributed by atoms with van der Waals surface area (Å²) in [6, 6.07) is 16.9. The molecule has 0 aliphatic carbocycles. The first-order chi connectivity index (χ1) is 10.4. The summed E-state index contributed by atoms with van der Waals surface area (Å²) >= 11 is 0. The first kappa shape index (κ1) is 16.4. The van der Waals surface area contributed by atoms with Crippen molar-refractivity contribution in [1.82, 2.24) is 0 Å². The Morgan fingerprint density at radius 3 is 2.18 bits per heavy atom. The number of benzene rings is 2. The Hall–Kier alpha value is -1.96. The van der Waals surface area contributed by atoms with Crippen molar-refractivity contribution in [2.45, 2.75) is 52.7 Å². The topological polar surface area (TPSA) is 21.3 Å². The average Bonchev–Trinajstić information content (AvgIpc) is 2.45. The standard InChI is InChI=1S/C20H27NO/c1-15(2)22-19-9-7-6-8-18(19)21-14-16-10-12-17(13-11-16)20(3,4)5/h6-13,15,21H,14H2,1-5H3. The molecule has 2 nitrogen and oxygen atoms in total. The lowest BCUT2D eigenvalue weighted by molar-refractivity contribution is 0.243. The van der Waals surface area contributed by atoms with Crippen molar-refractivity contribution >= 4 is 5.69 Å². The minimum absolute atomic E-state index is 0.175. The summed E-state index contributed by atoms with van der Waals surface area (Å²) in [5.41, 5.74) is 3.87. The van der Waals surface area contributed by atoms with E-state index in [1.807, 2.05) is 32.0 Å². The molecule has 0 aromatic heterocycles. The minimum Gasteiger partial charge on any atom is -0.489 e. The first-order valence-electron chi connectivity index (χ1n) is 7.95. The van der Waals surface area contributed by atoms with Crippen LogP contribution in [0.15, 0.2) is 48.5 Å². The van der Waals surface area contributed by atoms with E-state index >= 15 is 0 Å². The van der Waals surface area contributed by atoms with Crippen molar-refractivity contribution in [2.75, 3.05) is 5.32 Å². The molecule has 0 aliphatic rings. The van der Waals surface area contributed by atoms with E-state index in [9.17, 15) is 0 Å². The molecule has 0 amide bonds. The van der Waals surface area contributed by atoms with Crippen LogP contribution in [0.4, 0.5) is 5.69 Å². The molecule has 22 heavy (non-hydrogen) atoms. The lowest BCUT2D eigenvalue weighted by atomic mass is 9.87. The molecular formula is C20H27NO. The third-order valence-electron chi connectivity index (χ3n) is 3.55. The van der Waals surface area contributed by atoms with Gasteiger partial charge in [0.05, 0.1) is 11.8 Å². The number of anilines is 1. The van der Waals surface area contributed by atoms with Crippen molar-refractivity contribution in [1.29, 1.82) is 0 Å². The van der Waals surface area contributed by atoms with Crippen molar-refractivity contribution in [2.24, 2.45) is 0 Å². The lowest BCUT2D eigenvalue weighted by Crippen LogP contribution is -2.11. The summed E-state index contributed by atoms with van der Waals surface area (Å²) in [6.45, 7) is 11.6. The van der Waals surface area contributed by atoms with Crippen LogP contribution in [0.1, 0.15) is 45.7 Å². The zero-order chi connectivity index (χ0) is 16.2. The summed E-state index contributed by atoms with van der Waals surface area (Å²) in [6.07, 6.45) is 0.175. The van der Waals surface area contributed by atoms with Crippen molar-refractivity contribution in [3.63, 3.8) is 0 Å². The third-order valence-corrected chi connectivity index (χ3v) is 3.55. The summed E-state index contributed by atoms with van der Waals surface area (Å²) < 4.78 is 5.84. The van der Waals surface area contributed by atoms with Gasteiger partial charge in [-0.1, -0.05) is 57.2 Å². The predicted molar refractivity (Wildman–Crippen MR) is 94.7 cm³/mol. The SMILES string of the molecule is CC(C)Oc1ccccc1NCc1ccc(C(C)(C)C)cc1. The summed E-state index contributed by atoms with van der Waals surface area (Å²) in [7, 11) is 0. The molecule has 0 radical (unpaired) electrons. The highest BCUT2D eigenvalue weighted by Crippen LogP contribution is 2.26. The average molecular weight is 297 g/mol. The zero-order valence-electron chi connectivity index (χ0n) is 14.3. The van der Waals surface area contributed by atoms with Gasteiger partial charge in [-0.2, -0.15) is 0 Å². The molecular weight excluding hydrogens is 270 g/mol. The van der Waals surface area contributed by atoms with Gasteiger partial charge in [0.25, 0.3) is 0 Å². The number of hydrogen-bond donors (Lipinski definition) is 1. The smallest absolute Gasteiger partial charge is 0.142 e. The predicted octanol–water partition coefficient (Wildman–Crippen LogP) is 5.38. The molecule has 0 saturated heterocycles. The maximum Gasteiger partial charge on any atom is 0.142 e. The summed E-state index contributed by atoms with van der Waals surface area (Å²) in [5, 5.41) is 3.47. The molecule has 0 bridgehead atoms. The van der Waals surface area contributed by atoms with Crippen LogP contribution in [0.5, 0.6) is 5.75 Å². The Bertz CT molecular complexity index is 594. The van der Waals surface area contributed by atoms with E-state index in [0.29, 0.717) is 0 Å². The highest BCUT2D eigenvalue weighted by molar-refractivity contribution is 5.56. The van der Waals surface area contributed by atoms with Crippen LogP contribution in [-0.2, 0) is 12.0 Å². The maximum atomic E-state index is 5.84. The maximum absolute atomic E-state index is 5.84. The zero-order valence-corrected chi connectivity index (χ0v) is 14.3. The van der Waals surface area contributed by atoms with Crippen molar-refractivity contribution < 1.29 is 4.74 Å². The molecule has 0 fully saturated rings. The highest BCUT2D eigenvalue weighted by Gasteiger charge is 2.12. The van der Waals surface area contributed by atoms with Crippen LogP contribution in [0, 0.1) is 0 Å². The van der Waals surface area contributed by atoms with Crippen molar-refractivity contribution in [3.05, 3.63) is 59.7 Å². The number of nitrogens with one attached hydrogen (secondary N) is 1. The second-order valence-electron chi connectivity index (χ2n) is 6.96. The van der Waals surface area contributed by atoms with Gasteiger partial charge in [0.2, 0.25) is 0 Å². The van der Waals surface area contributed by atoms with E-state index in [-0.39, 0.29) is 11.5 Å². The molecule has 118 valence electrons. The van der Waals surface area contributed by atoms with Crippen LogP contribution < -0.4 is 10.1 Å². The van der Waals surface area contributed by atoms with E-state index in [4.69, 9.17) is 4.74 Å². The molecule has 2 rings (SSSR count). The Labute approximate surface area is 134 Å². The van der Waals surface area contributed by atoms with Crippen LogP contribution in [0.3, 0.4) is 0 Å². The fourth-order valence-electron chi connectivity index (χ4n) is 2.29. The van der Waals surface area contributed by atoms with Crippen LogP contribution in [0.2, 0.25) is 0 Å². The summed E-state index contributed by atoms with van der Waals surface area (Å²) in [5.74, 6) is 0.906. The first-order valence-corrected chi connectivity index (χ1v) is 7.95. The fraction of sp³-hybridized carbons (Fsp3) is 0.400. The third kappa shape index (κ3) is 4.52. The van der Waals surface area contributed by atoms with E-state index in [0.717, 1.165) is 18.0 Å². The van der Waals surface area contributed by atoms with Gasteiger partial charge in [-0.25, -0.2) is 0 Å². The Morgan fingerprint density at radius 2 is 1.59 bits per heavy atom. The minimum atomic E-state index is 0.175. The molecule has 1 N–H and O–H groups in total. The van der Waals surface area contributed by atoms with Crippen molar-refractivity contribution in [3.8, 4) is 5.75 Å². The number of rotatable bonds is 5. The molecule has 0 atom stereocenters. The number of para-hydroxylation sites is 2. The second-order valence-corrected chi connectivity index (χ2v) is 6.96. The Kier molecular flexibility index (Phi) is 5.12. The largest absolute Gasteiger partial charge is 0.489 e. The monoisotopic (exact) mass is 297 g/mol. The van der Waals surface area contributed by atoms with Gasteiger partial charge in [0, 0.05) is 6.54 Å². The van der Waals surface area contributed by atoms with E-state index in [1.165, 1.54) is 11.1 Å². The Balaban J connectivity index is 2.04. The summed E-state index contributed by atoms with van der Waals surface area (Å²) in [4.78, 5) is 0. The van der Waals surface area contributed by atoms with Gasteiger partial charge in [-0.3, -0.25) is 0 Å². The van der Waals surface area contributed by atoms with Gasteiger partial charge >= 0.3 is 0 Å². The molecule has 2 heteroatoms. The molecule has 0 heterocycles. The van der Waals surface area contributed by atoms with Gasteiger partial charge < -0.3 is 10.1 Å². The van der Waals surface area contributed by atoms with Gasteiger partial charge in [-0.05, 0) is 42.5 Å². The van der Waals surface area contributed by atoms with E-state index < -0.39 is 0 Å². The molecule has 2 aromatic rings. The molecule has 0 saturated carbocycles. The van der Waals surface area contributed by atoms with Gasteiger partial charge in [0.1, 0.15) is 5.75 Å². The fourth-order valence-corrected chi connectivity index (χ4v) is 2.29. The molecule has 0 aliphatic heterocycles. The second kappa shape index (κ2) is 6.87. The highest BCUT2D eigenvalue weighted by atomic mass is 16.5.